The van der Waals surface area contributed by atoms with E-state index in [2.05, 4.69) is 53.7 Å². The molecule has 112 valence electrons. The number of hydrogen-bond donors (Lipinski definition) is 1. The monoisotopic (exact) mass is 292 g/mol. The molecular weight excluding hydrogens is 264 g/mol. The van der Waals surface area contributed by atoms with Gasteiger partial charge in [0.2, 0.25) is 0 Å². The summed E-state index contributed by atoms with van der Waals surface area (Å²) in [5, 5.41) is 3.72. The summed E-state index contributed by atoms with van der Waals surface area (Å²) in [6, 6.07) is 12.2. The van der Waals surface area contributed by atoms with Crippen LogP contribution in [0.15, 0.2) is 30.3 Å². The molecule has 0 amide bonds. The summed E-state index contributed by atoms with van der Waals surface area (Å²) >= 11 is 1.96. The van der Waals surface area contributed by atoms with Crippen molar-refractivity contribution in [1.82, 2.24) is 10.2 Å². The topological polar surface area (TPSA) is 15.3 Å². The van der Waals surface area contributed by atoms with Crippen LogP contribution in [0.3, 0.4) is 0 Å². The third-order valence-electron chi connectivity index (χ3n) is 4.20. The van der Waals surface area contributed by atoms with Gasteiger partial charge in [-0.2, -0.15) is 11.8 Å². The van der Waals surface area contributed by atoms with E-state index < -0.39 is 0 Å². The summed E-state index contributed by atoms with van der Waals surface area (Å²) in [5.41, 5.74) is 1.45. The summed E-state index contributed by atoms with van der Waals surface area (Å²) in [7, 11) is 0. The Balaban J connectivity index is 1.89. The first-order valence-electron chi connectivity index (χ1n) is 7.80. The van der Waals surface area contributed by atoms with E-state index in [0.717, 1.165) is 13.0 Å². The van der Waals surface area contributed by atoms with E-state index in [0.29, 0.717) is 12.1 Å². The quantitative estimate of drug-likeness (QED) is 0.867. The van der Waals surface area contributed by atoms with Crippen molar-refractivity contribution in [1.29, 1.82) is 0 Å². The molecule has 0 aliphatic carbocycles. The first kappa shape index (κ1) is 15.9. The molecule has 0 radical (unpaired) electrons. The van der Waals surface area contributed by atoms with E-state index in [9.17, 15) is 0 Å². The molecule has 1 saturated heterocycles. The SMILES string of the molecule is CSCCC(C)N1CCCNC(Cc2ccccc2)C1. The smallest absolute Gasteiger partial charge is 0.0235 e. The van der Waals surface area contributed by atoms with Gasteiger partial charge in [0.05, 0.1) is 0 Å². The maximum atomic E-state index is 3.72. The number of rotatable bonds is 6. The fraction of sp³-hybridized carbons (Fsp3) is 0.647. The molecule has 3 heteroatoms. The average molecular weight is 292 g/mol. The normalized spacial score (nSPS) is 22.4. The molecule has 2 atom stereocenters. The van der Waals surface area contributed by atoms with Gasteiger partial charge in [0.15, 0.2) is 0 Å². The van der Waals surface area contributed by atoms with Gasteiger partial charge in [-0.05, 0) is 56.8 Å². The molecular formula is C17H28N2S. The highest BCUT2D eigenvalue weighted by Gasteiger charge is 2.21. The standard InChI is InChI=1S/C17H28N2S/c1-15(9-12-20-2)19-11-6-10-18-17(14-19)13-16-7-4-3-5-8-16/h3-5,7-8,15,17-18H,6,9-14H2,1-2H3. The molecule has 2 rings (SSSR count). The van der Waals surface area contributed by atoms with Crippen molar-refractivity contribution in [2.45, 2.75) is 38.3 Å². The van der Waals surface area contributed by atoms with Crippen LogP contribution in [0.1, 0.15) is 25.3 Å². The highest BCUT2D eigenvalue weighted by Crippen LogP contribution is 2.13. The van der Waals surface area contributed by atoms with Gasteiger partial charge in [-0.1, -0.05) is 30.3 Å². The van der Waals surface area contributed by atoms with Crippen LogP contribution >= 0.6 is 11.8 Å². The van der Waals surface area contributed by atoms with Gasteiger partial charge >= 0.3 is 0 Å². The zero-order valence-electron chi connectivity index (χ0n) is 12.8. The van der Waals surface area contributed by atoms with Crippen LogP contribution < -0.4 is 5.32 Å². The zero-order valence-corrected chi connectivity index (χ0v) is 13.7. The van der Waals surface area contributed by atoms with E-state index in [4.69, 9.17) is 0 Å². The molecule has 1 aliphatic rings. The van der Waals surface area contributed by atoms with Gasteiger partial charge in [0.25, 0.3) is 0 Å². The molecule has 1 aliphatic heterocycles. The minimum Gasteiger partial charge on any atom is -0.312 e. The molecule has 0 saturated carbocycles. The Bertz CT molecular complexity index is 369. The van der Waals surface area contributed by atoms with Crippen LogP contribution in [0.5, 0.6) is 0 Å². The summed E-state index contributed by atoms with van der Waals surface area (Å²) in [4.78, 5) is 2.68. The van der Waals surface area contributed by atoms with Gasteiger partial charge in [0.1, 0.15) is 0 Å². The fourth-order valence-corrected chi connectivity index (χ4v) is 3.51. The Morgan fingerprint density at radius 1 is 1.35 bits per heavy atom. The Labute approximate surface area is 128 Å². The largest absolute Gasteiger partial charge is 0.312 e. The van der Waals surface area contributed by atoms with Crippen molar-refractivity contribution >= 4 is 11.8 Å². The molecule has 2 nitrogen and oxygen atoms in total. The summed E-state index contributed by atoms with van der Waals surface area (Å²) < 4.78 is 0. The molecule has 2 unspecified atom stereocenters. The lowest BCUT2D eigenvalue weighted by Gasteiger charge is -2.30. The van der Waals surface area contributed by atoms with E-state index in [-0.39, 0.29) is 0 Å². The minimum atomic E-state index is 0.594. The number of hydrogen-bond acceptors (Lipinski definition) is 3. The lowest BCUT2D eigenvalue weighted by molar-refractivity contribution is 0.201. The number of nitrogens with zero attached hydrogens (tertiary/aromatic N) is 1. The lowest BCUT2D eigenvalue weighted by Crippen LogP contribution is -2.42. The van der Waals surface area contributed by atoms with Crippen LogP contribution in [-0.4, -0.2) is 48.6 Å². The highest BCUT2D eigenvalue weighted by atomic mass is 32.2. The predicted octanol–water partition coefficient (Wildman–Crippen LogP) is 3.03. The van der Waals surface area contributed by atoms with Crippen molar-refractivity contribution in [3.63, 3.8) is 0 Å². The zero-order chi connectivity index (χ0) is 14.2. The molecule has 1 aromatic carbocycles. The first-order chi connectivity index (χ1) is 9.79. The second-order valence-electron chi connectivity index (χ2n) is 5.82. The summed E-state index contributed by atoms with van der Waals surface area (Å²) in [6.45, 7) is 5.97. The van der Waals surface area contributed by atoms with Crippen molar-refractivity contribution in [2.24, 2.45) is 0 Å². The second-order valence-corrected chi connectivity index (χ2v) is 6.81. The molecule has 20 heavy (non-hydrogen) atoms. The molecule has 1 fully saturated rings. The molecule has 0 aromatic heterocycles. The van der Waals surface area contributed by atoms with Gasteiger partial charge in [-0.3, -0.25) is 4.90 Å². The summed E-state index contributed by atoms with van der Waals surface area (Å²) in [5.74, 6) is 1.27. The Kier molecular flexibility index (Phi) is 6.91. The van der Waals surface area contributed by atoms with Crippen molar-refractivity contribution in [3.8, 4) is 0 Å². The van der Waals surface area contributed by atoms with Crippen LogP contribution in [0, 0.1) is 0 Å². The fourth-order valence-electron chi connectivity index (χ4n) is 2.93. The molecule has 1 N–H and O–H groups in total. The number of nitrogens with one attached hydrogen (secondary N) is 1. The Morgan fingerprint density at radius 2 is 2.15 bits per heavy atom. The Morgan fingerprint density at radius 3 is 2.90 bits per heavy atom. The molecule has 1 aromatic rings. The number of benzene rings is 1. The van der Waals surface area contributed by atoms with Crippen molar-refractivity contribution in [2.75, 3.05) is 31.6 Å². The maximum absolute atomic E-state index is 3.72. The second kappa shape index (κ2) is 8.71. The van der Waals surface area contributed by atoms with Crippen LogP contribution in [0.2, 0.25) is 0 Å². The predicted molar refractivity (Wildman–Crippen MR) is 90.6 cm³/mol. The van der Waals surface area contributed by atoms with Gasteiger partial charge in [0, 0.05) is 18.6 Å². The van der Waals surface area contributed by atoms with Crippen LogP contribution in [0.4, 0.5) is 0 Å². The third-order valence-corrected chi connectivity index (χ3v) is 4.84. The van der Waals surface area contributed by atoms with E-state index in [1.165, 1.54) is 37.2 Å². The maximum Gasteiger partial charge on any atom is 0.0235 e. The van der Waals surface area contributed by atoms with Crippen LogP contribution in [0.25, 0.3) is 0 Å². The molecule has 0 bridgehead atoms. The van der Waals surface area contributed by atoms with E-state index in [1.807, 2.05) is 11.8 Å². The van der Waals surface area contributed by atoms with Gasteiger partial charge in [-0.15, -0.1) is 0 Å². The van der Waals surface area contributed by atoms with Crippen molar-refractivity contribution in [3.05, 3.63) is 35.9 Å². The lowest BCUT2D eigenvalue weighted by atomic mass is 10.1. The van der Waals surface area contributed by atoms with E-state index in [1.54, 1.807) is 0 Å². The first-order valence-corrected chi connectivity index (χ1v) is 9.19. The Hall–Kier alpha value is -0.510. The van der Waals surface area contributed by atoms with Crippen molar-refractivity contribution < 1.29 is 0 Å². The van der Waals surface area contributed by atoms with E-state index >= 15 is 0 Å². The highest BCUT2D eigenvalue weighted by molar-refractivity contribution is 7.98. The summed E-state index contributed by atoms with van der Waals surface area (Å²) in [6.07, 6.45) is 5.93. The third kappa shape index (κ3) is 5.12. The average Bonchev–Trinajstić information content (AvgIpc) is 2.71. The minimum absolute atomic E-state index is 0.594. The molecule has 0 spiro atoms. The number of thioether (sulfide) groups is 1. The van der Waals surface area contributed by atoms with Gasteiger partial charge in [-0.25, -0.2) is 0 Å². The van der Waals surface area contributed by atoms with Gasteiger partial charge < -0.3 is 5.32 Å². The van der Waals surface area contributed by atoms with Crippen LogP contribution in [-0.2, 0) is 6.42 Å². The molecule has 1 heterocycles.